The molecule has 0 bridgehead atoms. The maximum absolute atomic E-state index is 6.95. The minimum absolute atomic E-state index is 0.0407. The molecule has 0 spiro atoms. The molecule has 8 aromatic carbocycles. The van der Waals surface area contributed by atoms with E-state index >= 15 is 0 Å². The van der Waals surface area contributed by atoms with Crippen LogP contribution in [-0.4, -0.2) is 18.9 Å². The normalized spacial score (nSPS) is 15.9. The van der Waals surface area contributed by atoms with Crippen LogP contribution >= 0.6 is 0 Å². The zero-order valence-corrected chi connectivity index (χ0v) is 41.8. The fourth-order valence-electron chi connectivity index (χ4n) is 12.3. The zero-order valence-electron chi connectivity index (χ0n) is 41.8. The van der Waals surface area contributed by atoms with Crippen molar-refractivity contribution in [1.29, 1.82) is 0 Å². The smallest absolute Gasteiger partial charge is 0.197 e. The van der Waals surface area contributed by atoms with Crippen molar-refractivity contribution < 1.29 is 8.83 Å². The van der Waals surface area contributed by atoms with Crippen LogP contribution < -0.4 is 21.1 Å². The molecule has 2 aliphatic heterocycles. The molecular formula is C65H55BN3O2. The number of nitrogens with one attached hydrogen (secondary N) is 1. The molecule has 3 aliphatic rings. The first-order valence-corrected chi connectivity index (χ1v) is 25.2. The van der Waals surface area contributed by atoms with Crippen LogP contribution in [0.15, 0.2) is 161 Å². The van der Waals surface area contributed by atoms with Gasteiger partial charge in [-0.2, -0.15) is 0 Å². The summed E-state index contributed by atoms with van der Waals surface area (Å²) in [6, 6.07) is 51.4. The summed E-state index contributed by atoms with van der Waals surface area (Å²) in [5.74, 6) is 0. The van der Waals surface area contributed by atoms with E-state index in [1.165, 1.54) is 38.4 Å². The Morgan fingerprint density at radius 2 is 1.27 bits per heavy atom. The van der Waals surface area contributed by atoms with E-state index in [4.69, 9.17) is 8.83 Å². The Morgan fingerprint density at radius 1 is 0.592 bits per heavy atom. The van der Waals surface area contributed by atoms with Crippen LogP contribution in [0, 0.1) is 0 Å². The van der Waals surface area contributed by atoms with E-state index in [0.717, 1.165) is 124 Å². The second kappa shape index (κ2) is 14.4. The third-order valence-electron chi connectivity index (χ3n) is 16.5. The number of para-hydroxylation sites is 1. The average Bonchev–Trinajstić information content (AvgIpc) is 4.01. The maximum Gasteiger partial charge on any atom is 0.197 e. The van der Waals surface area contributed by atoms with Crippen LogP contribution in [0.1, 0.15) is 89.1 Å². The van der Waals surface area contributed by atoms with Crippen molar-refractivity contribution in [3.8, 4) is 16.8 Å². The molecule has 6 heteroatoms. The van der Waals surface area contributed by atoms with Gasteiger partial charge in [0, 0.05) is 85.2 Å². The first-order valence-electron chi connectivity index (χ1n) is 25.2. The second-order valence-corrected chi connectivity index (χ2v) is 22.9. The lowest BCUT2D eigenvalue weighted by Crippen LogP contribution is -2.38. The second-order valence-electron chi connectivity index (χ2n) is 22.9. The molecule has 5 heterocycles. The van der Waals surface area contributed by atoms with E-state index < -0.39 is 0 Å². The molecule has 1 N–H and O–H groups in total. The quantitative estimate of drug-likeness (QED) is 0.179. The summed E-state index contributed by atoms with van der Waals surface area (Å²) in [7, 11) is 4.60. The van der Waals surface area contributed by atoms with E-state index in [0.29, 0.717) is 0 Å². The Bertz CT molecular complexity index is 4170. The van der Waals surface area contributed by atoms with Crippen molar-refractivity contribution >= 4 is 112 Å². The van der Waals surface area contributed by atoms with Gasteiger partial charge in [-0.15, -0.1) is 0 Å². The molecule has 345 valence electrons. The van der Waals surface area contributed by atoms with Crippen LogP contribution in [0.5, 0.6) is 0 Å². The van der Waals surface area contributed by atoms with Gasteiger partial charge in [-0.25, -0.2) is 0 Å². The van der Waals surface area contributed by atoms with E-state index in [1.807, 2.05) is 6.07 Å². The largest absolute Gasteiger partial charge is 0.456 e. The van der Waals surface area contributed by atoms with Gasteiger partial charge in [-0.1, -0.05) is 139 Å². The third-order valence-corrected chi connectivity index (χ3v) is 16.5. The van der Waals surface area contributed by atoms with Gasteiger partial charge in [0.15, 0.2) is 7.28 Å². The van der Waals surface area contributed by atoms with Gasteiger partial charge in [0.25, 0.3) is 0 Å². The highest BCUT2D eigenvalue weighted by Gasteiger charge is 2.38. The molecule has 14 rings (SSSR count). The predicted molar refractivity (Wildman–Crippen MR) is 301 cm³/mol. The van der Waals surface area contributed by atoms with Crippen LogP contribution in [0.4, 0.5) is 17.1 Å². The first-order chi connectivity index (χ1) is 34.1. The number of nitrogens with zero attached hydrogens (tertiary/aromatic N) is 2. The van der Waals surface area contributed by atoms with Crippen molar-refractivity contribution in [1.82, 2.24) is 4.57 Å². The number of anilines is 3. The van der Waals surface area contributed by atoms with E-state index in [9.17, 15) is 0 Å². The lowest BCUT2D eigenvalue weighted by atomic mass is 9.58. The highest BCUT2D eigenvalue weighted by molar-refractivity contribution is 6.73. The summed E-state index contributed by atoms with van der Waals surface area (Å²) in [4.78, 5) is 2.32. The van der Waals surface area contributed by atoms with Crippen molar-refractivity contribution in [2.24, 2.45) is 0 Å². The highest BCUT2D eigenvalue weighted by Crippen LogP contribution is 2.50. The Kier molecular flexibility index (Phi) is 8.59. The van der Waals surface area contributed by atoms with Gasteiger partial charge >= 0.3 is 0 Å². The van der Waals surface area contributed by atoms with Crippen LogP contribution in [0.25, 0.3) is 93.8 Å². The lowest BCUT2D eigenvalue weighted by Gasteiger charge is -2.41. The van der Waals surface area contributed by atoms with Crippen LogP contribution in [0.3, 0.4) is 0 Å². The van der Waals surface area contributed by atoms with Gasteiger partial charge in [0.2, 0.25) is 0 Å². The van der Waals surface area contributed by atoms with Gasteiger partial charge in [-0.05, 0) is 123 Å². The van der Waals surface area contributed by atoms with E-state index in [-0.39, 0.29) is 16.2 Å². The zero-order chi connectivity index (χ0) is 48.5. The Labute approximate surface area is 415 Å². The maximum atomic E-state index is 6.95. The SMILES string of the molecule is C=C1C=C(c2ccccc2)N(C)c2cc3c(cc21)[B]c1c(-c2cc4c(cc2Nc2ccc(C(C)(C)C)cc2)oc2cc5c(cc24)C(C)(C)CCC5(C)C)ccc2c4cc5c(cc4n-3c12)oc1ccccc15. The minimum Gasteiger partial charge on any atom is -0.456 e. The Balaban J connectivity index is 1.04. The van der Waals surface area contributed by atoms with Crippen molar-refractivity contribution in [2.75, 3.05) is 17.3 Å². The van der Waals surface area contributed by atoms with Crippen LogP contribution in [-0.2, 0) is 16.2 Å². The highest BCUT2D eigenvalue weighted by atomic mass is 16.3. The number of aromatic nitrogens is 1. The van der Waals surface area contributed by atoms with E-state index in [2.05, 4.69) is 224 Å². The first kappa shape index (κ1) is 42.2. The topological polar surface area (TPSA) is 46.5 Å². The van der Waals surface area contributed by atoms with Gasteiger partial charge in [-0.3, -0.25) is 0 Å². The molecule has 0 unspecified atom stereocenters. The predicted octanol–water partition coefficient (Wildman–Crippen LogP) is 16.1. The monoisotopic (exact) mass is 920 g/mol. The Hall–Kier alpha value is -7.70. The van der Waals surface area contributed by atoms with Crippen molar-refractivity contribution in [3.63, 3.8) is 0 Å². The lowest BCUT2D eigenvalue weighted by molar-refractivity contribution is 0.332. The van der Waals surface area contributed by atoms with Gasteiger partial charge < -0.3 is 23.6 Å². The van der Waals surface area contributed by atoms with Crippen LogP contribution in [0.2, 0.25) is 0 Å². The molecular weight excluding hydrogens is 866 g/mol. The summed E-state index contributed by atoms with van der Waals surface area (Å²) < 4.78 is 16.1. The molecule has 3 aromatic heterocycles. The summed E-state index contributed by atoms with van der Waals surface area (Å²) >= 11 is 0. The molecule has 0 amide bonds. The standard InChI is InChI=1S/C65H55BN3O2/c1-36-27-53(37-15-11-10-12-16-37)68(9)54-34-56-51(31-43(36)54)66-61-41(23-24-42-45-29-46-40-17-13-14-18-57(40)70-60(46)35-55(45)69(56)62(42)61)44-28-47-48-30-49-50(65(7,8)26-25-64(49,5)6)32-58(48)71-59(47)33-52(44)67-39-21-19-38(20-22-39)63(2,3)4/h10-24,27-35,67H,1,25-26H2,2-9H3. The molecule has 1 aliphatic carbocycles. The minimum atomic E-state index is 0.0407. The molecule has 5 nitrogen and oxygen atoms in total. The summed E-state index contributed by atoms with van der Waals surface area (Å²) in [5, 5.41) is 10.9. The Morgan fingerprint density at radius 3 is 2.04 bits per heavy atom. The number of benzene rings is 8. The average molecular weight is 921 g/mol. The summed E-state index contributed by atoms with van der Waals surface area (Å²) in [5.41, 5.74) is 23.4. The molecule has 0 fully saturated rings. The van der Waals surface area contributed by atoms with Gasteiger partial charge in [0.05, 0.1) is 16.9 Å². The van der Waals surface area contributed by atoms with Crippen molar-refractivity contribution in [3.05, 3.63) is 180 Å². The number of fused-ring (bicyclic) bond motifs is 13. The molecule has 0 saturated heterocycles. The molecule has 11 aromatic rings. The fourth-order valence-corrected chi connectivity index (χ4v) is 12.3. The van der Waals surface area contributed by atoms with E-state index in [1.54, 1.807) is 0 Å². The number of hydrogen-bond acceptors (Lipinski definition) is 4. The summed E-state index contributed by atoms with van der Waals surface area (Å²) in [6.07, 6.45) is 4.52. The molecule has 0 saturated carbocycles. The molecule has 71 heavy (non-hydrogen) atoms. The summed E-state index contributed by atoms with van der Waals surface area (Å²) in [6.45, 7) is 21.0. The molecule has 0 atom stereocenters. The third kappa shape index (κ3) is 6.19. The number of hydrogen-bond donors (Lipinski definition) is 1. The fraction of sp³-hybridized carbons (Fsp3) is 0.200. The number of allylic oxidation sites excluding steroid dienone is 2. The number of rotatable bonds is 4. The molecule has 1 radical (unpaired) electrons. The number of furan rings is 2. The van der Waals surface area contributed by atoms with Gasteiger partial charge in [0.1, 0.15) is 22.3 Å². The van der Waals surface area contributed by atoms with Crippen molar-refractivity contribution in [2.45, 2.75) is 77.6 Å².